The molecule has 7 aromatic rings. The molecule has 2 aliphatic rings. The monoisotopic (exact) mass is 734 g/mol. The molecule has 2 aliphatic heterocycles. The molecule has 0 amide bonds. The van der Waals surface area contributed by atoms with E-state index in [1.54, 1.807) is 0 Å². The number of anilines is 4. The smallest absolute Gasteiger partial charge is 0.657 e. The average Bonchev–Trinajstić information content (AvgIpc) is 3.99. The number of para-hydroxylation sites is 2. The van der Waals surface area contributed by atoms with Gasteiger partial charge in [0.2, 0.25) is 0 Å². The number of hydrogen-bond donors (Lipinski definition) is 2. The molecule has 0 aliphatic carbocycles. The van der Waals surface area contributed by atoms with Crippen molar-refractivity contribution in [3.8, 4) is 22.3 Å². The van der Waals surface area contributed by atoms with E-state index in [0.29, 0.717) is 0 Å². The van der Waals surface area contributed by atoms with Crippen molar-refractivity contribution in [2.24, 2.45) is 0 Å². The van der Waals surface area contributed by atoms with Crippen LogP contribution in [0.4, 0.5) is 22.7 Å². The van der Waals surface area contributed by atoms with Crippen LogP contribution in [0.25, 0.3) is 68.6 Å². The van der Waals surface area contributed by atoms with Gasteiger partial charge >= 0.3 is 19.5 Å². The Morgan fingerprint density at radius 2 is 0.868 bits per heavy atom. The van der Waals surface area contributed by atoms with Gasteiger partial charge in [0.15, 0.2) is 0 Å². The van der Waals surface area contributed by atoms with Crippen molar-refractivity contribution in [2.75, 3.05) is 10.6 Å². The summed E-state index contributed by atoms with van der Waals surface area (Å²) in [5, 5.41) is 7.08. The van der Waals surface area contributed by atoms with Gasteiger partial charge in [0, 0.05) is 22.7 Å². The number of nitrogens with one attached hydrogen (secondary N) is 2. The fraction of sp³-hybridized carbons (Fsp3) is 0.0435. The SMILES string of the molecule is Cc1ccccc1Nc1ccc(-c2c3nc(cc4ccc([n-]4)c(-c4ccc(Nc5ccccc5C)cc4)c4nc(cc5ccc2[n-]5)C=C4)C=C3)cc1.[Zn+2]. The molecule has 2 N–H and O–H groups in total. The Morgan fingerprint density at radius 1 is 0.453 bits per heavy atom. The Kier molecular flexibility index (Phi) is 9.18. The quantitative estimate of drug-likeness (QED) is 0.166. The summed E-state index contributed by atoms with van der Waals surface area (Å²) in [6, 6.07) is 45.8. The number of hydrogen-bond acceptors (Lipinski definition) is 4. The molecule has 0 radical (unpaired) electrons. The van der Waals surface area contributed by atoms with Crippen molar-refractivity contribution >= 4 is 69.1 Å². The molecule has 0 atom stereocenters. The zero-order valence-electron chi connectivity index (χ0n) is 29.5. The molecule has 6 nitrogen and oxygen atoms in total. The Hall–Kier alpha value is -6.30. The van der Waals surface area contributed by atoms with Crippen molar-refractivity contribution < 1.29 is 19.5 Å². The molecule has 8 bridgehead atoms. The van der Waals surface area contributed by atoms with E-state index in [-0.39, 0.29) is 19.5 Å². The summed E-state index contributed by atoms with van der Waals surface area (Å²) in [5.74, 6) is 0. The molecule has 3 aromatic heterocycles. The normalized spacial score (nSPS) is 11.7. The molecule has 53 heavy (non-hydrogen) atoms. The zero-order chi connectivity index (χ0) is 35.0. The van der Waals surface area contributed by atoms with Gasteiger partial charge in [-0.25, -0.2) is 9.97 Å². The van der Waals surface area contributed by atoms with Crippen LogP contribution in [0.5, 0.6) is 0 Å². The van der Waals surface area contributed by atoms with Crippen LogP contribution in [-0.4, -0.2) is 9.97 Å². The van der Waals surface area contributed by atoms with Crippen LogP contribution < -0.4 is 20.6 Å². The van der Waals surface area contributed by atoms with Crippen molar-refractivity contribution in [3.05, 3.63) is 167 Å². The topological polar surface area (TPSA) is 78.0 Å². The number of aromatic nitrogens is 4. The minimum Gasteiger partial charge on any atom is -0.657 e. The van der Waals surface area contributed by atoms with E-state index in [0.717, 1.165) is 89.8 Å². The molecule has 250 valence electrons. The van der Waals surface area contributed by atoms with Gasteiger partial charge in [-0.1, -0.05) is 97.1 Å². The zero-order valence-corrected chi connectivity index (χ0v) is 32.5. The fourth-order valence-electron chi connectivity index (χ4n) is 6.72. The first kappa shape index (κ1) is 33.8. The molecular weight excluding hydrogens is 702 g/mol. The van der Waals surface area contributed by atoms with Crippen molar-refractivity contribution in [3.63, 3.8) is 0 Å². The van der Waals surface area contributed by atoms with Crippen LogP contribution in [0.1, 0.15) is 33.9 Å². The molecule has 0 unspecified atom stereocenters. The summed E-state index contributed by atoms with van der Waals surface area (Å²) < 4.78 is 0. The van der Waals surface area contributed by atoms with E-state index in [2.05, 4.69) is 134 Å². The second-order valence-corrected chi connectivity index (χ2v) is 13.1. The molecule has 0 saturated carbocycles. The van der Waals surface area contributed by atoms with Gasteiger partial charge < -0.3 is 20.6 Å². The summed E-state index contributed by atoms with van der Waals surface area (Å²) in [6.45, 7) is 4.21. The Balaban J connectivity index is 0.00000400. The number of benzene rings is 4. The first-order valence-electron chi connectivity index (χ1n) is 17.4. The van der Waals surface area contributed by atoms with Gasteiger partial charge in [-0.3, -0.25) is 0 Å². The van der Waals surface area contributed by atoms with E-state index in [9.17, 15) is 0 Å². The summed E-state index contributed by atoms with van der Waals surface area (Å²) in [6.07, 6.45) is 8.22. The third-order valence-electron chi connectivity index (χ3n) is 9.46. The third-order valence-corrected chi connectivity index (χ3v) is 9.46. The molecule has 9 rings (SSSR count). The van der Waals surface area contributed by atoms with Crippen molar-refractivity contribution in [2.45, 2.75) is 13.8 Å². The first-order chi connectivity index (χ1) is 25.5. The summed E-state index contributed by atoms with van der Waals surface area (Å²) in [7, 11) is 0. The molecule has 5 heterocycles. The van der Waals surface area contributed by atoms with E-state index in [1.165, 1.54) is 11.1 Å². The van der Waals surface area contributed by atoms with Gasteiger partial charge in [-0.05, 0) is 108 Å². The fourth-order valence-corrected chi connectivity index (χ4v) is 6.72. The van der Waals surface area contributed by atoms with Gasteiger partial charge in [0.05, 0.1) is 22.8 Å². The third kappa shape index (κ3) is 7.00. The largest absolute Gasteiger partial charge is 2.00 e. The van der Waals surface area contributed by atoms with Gasteiger partial charge in [0.25, 0.3) is 0 Å². The van der Waals surface area contributed by atoms with Gasteiger partial charge in [0.1, 0.15) is 0 Å². The summed E-state index contributed by atoms with van der Waals surface area (Å²) >= 11 is 0. The summed E-state index contributed by atoms with van der Waals surface area (Å²) in [5.41, 5.74) is 17.4. The van der Waals surface area contributed by atoms with E-state index < -0.39 is 0 Å². The molecule has 0 fully saturated rings. The standard InChI is InChI=1S/C46H34N6.Zn/c1-29-7-3-5-9-39(29)47-33-15-11-31(12-16-33)45-41-23-19-35(49-41)27-37-21-25-43(51-37)46(44-26-22-38(52-44)28-36-20-24-42(45)50-36)32-13-17-34(18-14-32)48-40-10-6-4-8-30(40)2;/h3-28,47-48H,1-2H3;/q-2;+2. The second kappa shape index (κ2) is 14.4. The number of nitrogens with zero attached hydrogens (tertiary/aromatic N) is 4. The van der Waals surface area contributed by atoms with E-state index in [1.807, 2.05) is 48.6 Å². The van der Waals surface area contributed by atoms with Crippen molar-refractivity contribution in [1.82, 2.24) is 19.9 Å². The van der Waals surface area contributed by atoms with Crippen LogP contribution in [0.2, 0.25) is 0 Å². The van der Waals surface area contributed by atoms with Crippen LogP contribution in [0.3, 0.4) is 0 Å². The number of aryl methyl sites for hydroxylation is 2. The first-order valence-corrected chi connectivity index (χ1v) is 17.4. The molecule has 0 saturated heterocycles. The Labute approximate surface area is 321 Å². The minimum atomic E-state index is 0. The average molecular weight is 736 g/mol. The van der Waals surface area contributed by atoms with E-state index >= 15 is 0 Å². The predicted molar refractivity (Wildman–Crippen MR) is 217 cm³/mol. The van der Waals surface area contributed by atoms with Gasteiger partial charge in [-0.15, -0.1) is 22.1 Å². The maximum absolute atomic E-state index is 5.08. The molecule has 0 spiro atoms. The summed E-state index contributed by atoms with van der Waals surface area (Å²) in [4.78, 5) is 20.3. The van der Waals surface area contributed by atoms with Crippen LogP contribution in [0.15, 0.2) is 133 Å². The minimum absolute atomic E-state index is 0. The van der Waals surface area contributed by atoms with Crippen LogP contribution in [-0.2, 0) is 19.5 Å². The maximum atomic E-state index is 5.08. The molecule has 7 heteroatoms. The maximum Gasteiger partial charge on any atom is 2.00 e. The van der Waals surface area contributed by atoms with E-state index in [4.69, 9.17) is 19.9 Å². The number of fused-ring (bicyclic) bond motifs is 8. The van der Waals surface area contributed by atoms with Crippen LogP contribution >= 0.6 is 0 Å². The molecule has 4 aromatic carbocycles. The van der Waals surface area contributed by atoms with Gasteiger partial charge in [-0.2, -0.15) is 0 Å². The predicted octanol–water partition coefficient (Wildman–Crippen LogP) is 11.3. The Morgan fingerprint density at radius 3 is 1.28 bits per heavy atom. The number of rotatable bonds is 6. The molecular formula is C46H34N6Zn. The van der Waals surface area contributed by atoms with Crippen LogP contribution in [0, 0.1) is 13.8 Å². The second-order valence-electron chi connectivity index (χ2n) is 13.1. The van der Waals surface area contributed by atoms with Crippen molar-refractivity contribution in [1.29, 1.82) is 0 Å². The Bertz CT molecular complexity index is 2510.